The van der Waals surface area contributed by atoms with Gasteiger partial charge in [-0.1, -0.05) is 34.1 Å². The van der Waals surface area contributed by atoms with Crippen LogP contribution in [0.5, 0.6) is 0 Å². The van der Waals surface area contributed by atoms with Gasteiger partial charge in [0.1, 0.15) is 5.57 Å². The van der Waals surface area contributed by atoms with Crippen molar-refractivity contribution in [1.29, 1.82) is 0 Å². The maximum absolute atomic E-state index is 12.1. The smallest absolute Gasteiger partial charge is 0.345 e. The SMILES string of the molecule is CN/C(CBr)=C(\C(=O)Nc1ccccc1)C(=O)OC. The number of nitrogens with one attached hydrogen (secondary N) is 2. The first kappa shape index (κ1) is 15.2. The maximum atomic E-state index is 12.1. The second-order valence-corrected chi connectivity index (χ2v) is 4.11. The van der Waals surface area contributed by atoms with E-state index in [0.29, 0.717) is 16.7 Å². The summed E-state index contributed by atoms with van der Waals surface area (Å²) in [6.07, 6.45) is 0. The Morgan fingerprint density at radius 2 is 1.89 bits per heavy atom. The minimum absolute atomic E-state index is 0.0503. The van der Waals surface area contributed by atoms with Crippen molar-refractivity contribution in [2.24, 2.45) is 0 Å². The Kier molecular flexibility index (Phi) is 6.08. The molecule has 0 aliphatic rings. The number of esters is 1. The molecule has 1 rings (SSSR count). The number of rotatable bonds is 5. The van der Waals surface area contributed by atoms with Crippen LogP contribution in [0.4, 0.5) is 5.69 Å². The van der Waals surface area contributed by atoms with Gasteiger partial charge in [-0.3, -0.25) is 4.79 Å². The monoisotopic (exact) mass is 326 g/mol. The lowest BCUT2D eigenvalue weighted by atomic mass is 10.2. The zero-order valence-electron chi connectivity index (χ0n) is 10.7. The van der Waals surface area contributed by atoms with Gasteiger partial charge >= 0.3 is 5.97 Å². The van der Waals surface area contributed by atoms with Crippen LogP contribution in [0.2, 0.25) is 0 Å². The van der Waals surface area contributed by atoms with Crippen molar-refractivity contribution in [2.75, 3.05) is 24.8 Å². The van der Waals surface area contributed by atoms with Crippen LogP contribution >= 0.6 is 15.9 Å². The summed E-state index contributed by atoms with van der Waals surface area (Å²) in [6, 6.07) is 8.89. The number of ether oxygens (including phenoxy) is 1. The fourth-order valence-corrected chi connectivity index (χ4v) is 1.99. The third-order valence-corrected chi connectivity index (χ3v) is 2.95. The minimum Gasteiger partial charge on any atom is -0.465 e. The van der Waals surface area contributed by atoms with Gasteiger partial charge in [-0.25, -0.2) is 4.79 Å². The molecule has 0 fully saturated rings. The van der Waals surface area contributed by atoms with E-state index >= 15 is 0 Å². The Hall–Kier alpha value is -1.82. The van der Waals surface area contributed by atoms with E-state index in [1.54, 1.807) is 31.3 Å². The molecule has 19 heavy (non-hydrogen) atoms. The van der Waals surface area contributed by atoms with E-state index in [-0.39, 0.29) is 5.57 Å². The Labute approximate surface area is 120 Å². The van der Waals surface area contributed by atoms with E-state index in [1.807, 2.05) is 6.07 Å². The number of carbonyl (C=O) groups is 2. The summed E-state index contributed by atoms with van der Waals surface area (Å²) in [5.41, 5.74) is 1.02. The first-order valence-corrected chi connectivity index (χ1v) is 6.67. The van der Waals surface area contributed by atoms with Crippen molar-refractivity contribution in [3.8, 4) is 0 Å². The van der Waals surface area contributed by atoms with Crippen molar-refractivity contribution in [3.05, 3.63) is 41.6 Å². The second kappa shape index (κ2) is 7.58. The number of halogens is 1. The number of alkyl halides is 1. The highest BCUT2D eigenvalue weighted by molar-refractivity contribution is 9.09. The standard InChI is InChI=1S/C13H15BrN2O3/c1-15-10(8-14)11(13(18)19-2)12(17)16-9-6-4-3-5-7-9/h3-7,15H,8H2,1-2H3,(H,16,17)/b11-10+. The molecular formula is C13H15BrN2O3. The zero-order valence-corrected chi connectivity index (χ0v) is 12.3. The zero-order chi connectivity index (χ0) is 14.3. The second-order valence-electron chi connectivity index (χ2n) is 3.55. The molecule has 0 aromatic heterocycles. The van der Waals surface area contributed by atoms with Crippen molar-refractivity contribution < 1.29 is 14.3 Å². The Bertz CT molecular complexity index is 480. The van der Waals surface area contributed by atoms with Crippen LogP contribution in [0.1, 0.15) is 0 Å². The van der Waals surface area contributed by atoms with Gasteiger partial charge in [-0.2, -0.15) is 0 Å². The normalized spacial score (nSPS) is 11.3. The van der Waals surface area contributed by atoms with Crippen LogP contribution in [-0.4, -0.2) is 31.4 Å². The molecular weight excluding hydrogens is 312 g/mol. The summed E-state index contributed by atoms with van der Waals surface area (Å²) < 4.78 is 4.64. The van der Waals surface area contributed by atoms with E-state index in [9.17, 15) is 9.59 Å². The van der Waals surface area contributed by atoms with Gasteiger partial charge in [0.2, 0.25) is 0 Å². The number of anilines is 1. The van der Waals surface area contributed by atoms with E-state index in [1.165, 1.54) is 7.11 Å². The molecule has 0 aliphatic carbocycles. The van der Waals surface area contributed by atoms with E-state index in [4.69, 9.17) is 0 Å². The molecule has 0 unspecified atom stereocenters. The molecule has 6 heteroatoms. The number of amides is 1. The molecule has 1 aromatic carbocycles. The summed E-state index contributed by atoms with van der Waals surface area (Å²) >= 11 is 3.22. The van der Waals surface area contributed by atoms with Crippen LogP contribution in [0.25, 0.3) is 0 Å². The number of para-hydroxylation sites is 1. The van der Waals surface area contributed by atoms with Gasteiger partial charge in [0, 0.05) is 23.8 Å². The summed E-state index contributed by atoms with van der Waals surface area (Å²) in [6.45, 7) is 0. The molecule has 5 nitrogen and oxygen atoms in total. The molecule has 0 atom stereocenters. The Morgan fingerprint density at radius 3 is 2.37 bits per heavy atom. The van der Waals surface area contributed by atoms with Crippen LogP contribution < -0.4 is 10.6 Å². The molecule has 0 aliphatic heterocycles. The van der Waals surface area contributed by atoms with Gasteiger partial charge in [-0.05, 0) is 12.1 Å². The largest absolute Gasteiger partial charge is 0.465 e. The van der Waals surface area contributed by atoms with Crippen LogP contribution in [0.15, 0.2) is 41.6 Å². The van der Waals surface area contributed by atoms with E-state index < -0.39 is 11.9 Å². The van der Waals surface area contributed by atoms with Crippen LogP contribution in [0.3, 0.4) is 0 Å². The maximum Gasteiger partial charge on any atom is 0.345 e. The van der Waals surface area contributed by atoms with Gasteiger partial charge in [0.15, 0.2) is 0 Å². The first-order valence-electron chi connectivity index (χ1n) is 5.55. The number of benzene rings is 1. The molecule has 1 aromatic rings. The number of carbonyl (C=O) groups excluding carboxylic acids is 2. The van der Waals surface area contributed by atoms with Gasteiger partial charge in [0.25, 0.3) is 5.91 Å². The Balaban J connectivity index is 3.03. The highest BCUT2D eigenvalue weighted by atomic mass is 79.9. The average Bonchev–Trinajstić information content (AvgIpc) is 2.44. The van der Waals surface area contributed by atoms with Crippen molar-refractivity contribution in [3.63, 3.8) is 0 Å². The molecule has 102 valence electrons. The summed E-state index contributed by atoms with van der Waals surface area (Å²) in [7, 11) is 2.87. The molecule has 1 amide bonds. The average molecular weight is 327 g/mol. The van der Waals surface area contributed by atoms with Crippen molar-refractivity contribution >= 4 is 33.5 Å². The highest BCUT2D eigenvalue weighted by Gasteiger charge is 2.23. The third kappa shape index (κ3) is 4.10. The highest BCUT2D eigenvalue weighted by Crippen LogP contribution is 2.12. The fourth-order valence-electron chi connectivity index (χ4n) is 1.43. The van der Waals surface area contributed by atoms with Crippen molar-refractivity contribution in [2.45, 2.75) is 0 Å². The minimum atomic E-state index is -0.683. The molecule has 2 N–H and O–H groups in total. The van der Waals surface area contributed by atoms with Crippen molar-refractivity contribution in [1.82, 2.24) is 5.32 Å². The predicted molar refractivity (Wildman–Crippen MR) is 77.0 cm³/mol. The lowest BCUT2D eigenvalue weighted by Gasteiger charge is -2.12. The summed E-state index contributed by atoms with van der Waals surface area (Å²) in [5, 5.41) is 5.80. The topological polar surface area (TPSA) is 67.4 Å². The number of hydrogen-bond donors (Lipinski definition) is 2. The molecule has 0 heterocycles. The lowest BCUT2D eigenvalue weighted by molar-refractivity contribution is -0.137. The molecule has 0 saturated carbocycles. The predicted octanol–water partition coefficient (Wildman–Crippen LogP) is 1.67. The first-order chi connectivity index (χ1) is 9.13. The third-order valence-electron chi connectivity index (χ3n) is 2.39. The summed E-state index contributed by atoms with van der Waals surface area (Å²) in [5.74, 6) is -1.20. The van der Waals surface area contributed by atoms with Gasteiger partial charge in [-0.15, -0.1) is 0 Å². The molecule has 0 bridgehead atoms. The molecule has 0 spiro atoms. The molecule has 0 radical (unpaired) electrons. The number of methoxy groups -OCH3 is 1. The number of allylic oxidation sites excluding steroid dienone is 1. The van der Waals surface area contributed by atoms with E-state index in [0.717, 1.165) is 0 Å². The van der Waals surface area contributed by atoms with Gasteiger partial charge in [0.05, 0.1) is 7.11 Å². The molecule has 0 saturated heterocycles. The Morgan fingerprint density at radius 1 is 1.26 bits per heavy atom. The number of hydrogen-bond acceptors (Lipinski definition) is 4. The fraction of sp³-hybridized carbons (Fsp3) is 0.231. The van der Waals surface area contributed by atoms with E-state index in [2.05, 4.69) is 31.3 Å². The van der Waals surface area contributed by atoms with Gasteiger partial charge < -0.3 is 15.4 Å². The summed E-state index contributed by atoms with van der Waals surface area (Å²) in [4.78, 5) is 23.8. The van der Waals surface area contributed by atoms with Crippen LogP contribution in [0, 0.1) is 0 Å². The lowest BCUT2D eigenvalue weighted by Crippen LogP contribution is -2.27. The van der Waals surface area contributed by atoms with Crippen LogP contribution in [-0.2, 0) is 14.3 Å². The quantitative estimate of drug-likeness (QED) is 0.284.